The van der Waals surface area contributed by atoms with Gasteiger partial charge in [-0.3, -0.25) is 0 Å². The second-order valence-electron chi connectivity index (χ2n) is 2.92. The van der Waals surface area contributed by atoms with Gasteiger partial charge < -0.3 is 10.1 Å². The lowest BCUT2D eigenvalue weighted by Gasteiger charge is -2.26. The van der Waals surface area contributed by atoms with E-state index < -0.39 is 0 Å². The molecule has 1 N–H and O–H groups in total. The van der Waals surface area contributed by atoms with Crippen molar-refractivity contribution in [1.82, 2.24) is 10.3 Å². The smallest absolute Gasteiger partial charge is 0.0794 e. The van der Waals surface area contributed by atoms with E-state index in [-0.39, 0.29) is 0 Å². The Labute approximate surface area is 75.8 Å². The Morgan fingerprint density at radius 2 is 2.58 bits per heavy atom. The first-order chi connectivity index (χ1) is 5.95. The van der Waals surface area contributed by atoms with Crippen LogP contribution in [-0.4, -0.2) is 30.8 Å². The van der Waals surface area contributed by atoms with Gasteiger partial charge in [-0.25, -0.2) is 4.98 Å². The van der Waals surface area contributed by atoms with Gasteiger partial charge in [0, 0.05) is 18.3 Å². The van der Waals surface area contributed by atoms with Crippen molar-refractivity contribution in [3.05, 3.63) is 16.6 Å². The summed E-state index contributed by atoms with van der Waals surface area (Å²) in [6, 6.07) is 0.587. The maximum atomic E-state index is 5.05. The largest absolute Gasteiger partial charge is 0.378 e. The van der Waals surface area contributed by atoms with E-state index in [0.29, 0.717) is 6.04 Å². The average Bonchev–Trinajstić information content (AvgIpc) is 2.46. The Hall–Kier alpha value is -0.450. The van der Waals surface area contributed by atoms with E-state index in [1.165, 1.54) is 5.69 Å². The van der Waals surface area contributed by atoms with Gasteiger partial charge >= 0.3 is 0 Å². The molecule has 1 aromatic rings. The van der Waals surface area contributed by atoms with Crippen LogP contribution in [0.2, 0.25) is 0 Å². The third-order valence-corrected chi connectivity index (χ3v) is 2.57. The van der Waals surface area contributed by atoms with E-state index in [0.717, 1.165) is 26.2 Å². The molecule has 4 heteroatoms. The van der Waals surface area contributed by atoms with Crippen molar-refractivity contribution in [3.8, 4) is 0 Å². The summed E-state index contributed by atoms with van der Waals surface area (Å²) < 4.78 is 5.05. The van der Waals surface area contributed by atoms with E-state index in [1.807, 2.05) is 5.51 Å². The fraction of sp³-hybridized carbons (Fsp3) is 0.625. The van der Waals surface area contributed by atoms with Crippen LogP contribution in [0.25, 0.3) is 0 Å². The monoisotopic (exact) mass is 184 g/mol. The van der Waals surface area contributed by atoms with Crippen molar-refractivity contribution in [2.45, 2.75) is 12.5 Å². The predicted octanol–water partition coefficient (Wildman–Crippen LogP) is 0.674. The number of nitrogens with one attached hydrogen (secondary N) is 1. The quantitative estimate of drug-likeness (QED) is 0.747. The molecule has 1 fully saturated rings. The molecule has 0 spiro atoms. The van der Waals surface area contributed by atoms with Crippen LogP contribution in [0.3, 0.4) is 0 Å². The standard InChI is InChI=1S/C8H12N2OS/c1(7-5-12-6-10-7)2-9-8-3-11-4-8/h5-6,8-9H,1-4H2. The van der Waals surface area contributed by atoms with E-state index in [9.17, 15) is 0 Å². The highest BCUT2D eigenvalue weighted by atomic mass is 32.1. The third-order valence-electron chi connectivity index (χ3n) is 1.94. The number of nitrogens with zero attached hydrogens (tertiary/aromatic N) is 1. The molecule has 12 heavy (non-hydrogen) atoms. The molecular weight excluding hydrogens is 172 g/mol. The Kier molecular flexibility index (Phi) is 2.71. The molecule has 1 aliphatic heterocycles. The minimum atomic E-state index is 0.587. The van der Waals surface area contributed by atoms with E-state index >= 15 is 0 Å². The summed E-state index contributed by atoms with van der Waals surface area (Å²) in [6.45, 7) is 2.76. The second-order valence-corrected chi connectivity index (χ2v) is 3.64. The second kappa shape index (κ2) is 3.98. The van der Waals surface area contributed by atoms with Gasteiger partial charge in [-0.15, -0.1) is 11.3 Å². The van der Waals surface area contributed by atoms with Crippen LogP contribution in [-0.2, 0) is 11.2 Å². The lowest BCUT2D eigenvalue weighted by Crippen LogP contribution is -2.46. The van der Waals surface area contributed by atoms with Crippen molar-refractivity contribution in [1.29, 1.82) is 0 Å². The highest BCUT2D eigenvalue weighted by Crippen LogP contribution is 2.02. The lowest BCUT2D eigenvalue weighted by molar-refractivity contribution is -0.00469. The highest BCUT2D eigenvalue weighted by molar-refractivity contribution is 7.07. The number of rotatable bonds is 4. The SMILES string of the molecule is c1nc(CCNC2COC2)cs1. The molecule has 2 rings (SSSR count). The fourth-order valence-electron chi connectivity index (χ4n) is 1.12. The normalized spacial score (nSPS) is 17.7. The zero-order chi connectivity index (χ0) is 8.23. The molecule has 0 aliphatic carbocycles. The maximum Gasteiger partial charge on any atom is 0.0794 e. The Balaban J connectivity index is 1.62. The highest BCUT2D eigenvalue weighted by Gasteiger charge is 2.16. The molecule has 0 bridgehead atoms. The maximum absolute atomic E-state index is 5.05. The van der Waals surface area contributed by atoms with Gasteiger partial charge in [0.05, 0.1) is 30.5 Å². The predicted molar refractivity (Wildman–Crippen MR) is 48.4 cm³/mol. The minimum Gasteiger partial charge on any atom is -0.378 e. The molecule has 2 heterocycles. The molecule has 0 saturated carbocycles. The minimum absolute atomic E-state index is 0.587. The van der Waals surface area contributed by atoms with Crippen LogP contribution in [0.1, 0.15) is 5.69 Å². The van der Waals surface area contributed by atoms with E-state index in [1.54, 1.807) is 11.3 Å². The number of ether oxygens (including phenoxy) is 1. The molecule has 1 saturated heterocycles. The molecule has 0 atom stereocenters. The molecule has 66 valence electrons. The Morgan fingerprint density at radius 3 is 3.17 bits per heavy atom. The van der Waals surface area contributed by atoms with Crippen molar-refractivity contribution in [3.63, 3.8) is 0 Å². The first kappa shape index (κ1) is 8.16. The Morgan fingerprint density at radius 1 is 1.67 bits per heavy atom. The molecule has 0 aromatic carbocycles. The van der Waals surface area contributed by atoms with Gasteiger partial charge in [0.15, 0.2) is 0 Å². The molecule has 0 radical (unpaired) electrons. The van der Waals surface area contributed by atoms with Crippen LogP contribution in [0.5, 0.6) is 0 Å². The molecule has 0 amide bonds. The summed E-state index contributed by atoms with van der Waals surface area (Å²) >= 11 is 1.65. The van der Waals surface area contributed by atoms with Gasteiger partial charge in [0.2, 0.25) is 0 Å². The van der Waals surface area contributed by atoms with Crippen molar-refractivity contribution < 1.29 is 4.74 Å². The van der Waals surface area contributed by atoms with Crippen LogP contribution < -0.4 is 5.32 Å². The number of aromatic nitrogens is 1. The topological polar surface area (TPSA) is 34.2 Å². The molecule has 3 nitrogen and oxygen atoms in total. The summed E-state index contributed by atoms with van der Waals surface area (Å²) in [5.74, 6) is 0. The molecule has 0 unspecified atom stereocenters. The van der Waals surface area contributed by atoms with Crippen molar-refractivity contribution in [2.24, 2.45) is 0 Å². The first-order valence-electron chi connectivity index (χ1n) is 4.13. The van der Waals surface area contributed by atoms with Gasteiger partial charge in [-0.2, -0.15) is 0 Å². The summed E-state index contributed by atoms with van der Waals surface area (Å²) in [6.07, 6.45) is 1.03. The molecule has 1 aliphatic rings. The fourth-order valence-corrected chi connectivity index (χ4v) is 1.71. The van der Waals surface area contributed by atoms with Crippen LogP contribution >= 0.6 is 11.3 Å². The van der Waals surface area contributed by atoms with Gasteiger partial charge in [0.25, 0.3) is 0 Å². The van der Waals surface area contributed by atoms with Crippen LogP contribution in [0, 0.1) is 0 Å². The van der Waals surface area contributed by atoms with Crippen molar-refractivity contribution >= 4 is 11.3 Å². The number of hydrogen-bond acceptors (Lipinski definition) is 4. The van der Waals surface area contributed by atoms with Gasteiger partial charge in [0.1, 0.15) is 0 Å². The van der Waals surface area contributed by atoms with Gasteiger partial charge in [-0.1, -0.05) is 0 Å². The van der Waals surface area contributed by atoms with Gasteiger partial charge in [-0.05, 0) is 0 Å². The average molecular weight is 184 g/mol. The third kappa shape index (κ3) is 2.03. The number of thiazole rings is 1. The summed E-state index contributed by atoms with van der Waals surface area (Å²) in [5, 5.41) is 5.49. The zero-order valence-corrected chi connectivity index (χ0v) is 7.64. The van der Waals surface area contributed by atoms with E-state index in [2.05, 4.69) is 15.7 Å². The first-order valence-corrected chi connectivity index (χ1v) is 5.07. The number of hydrogen-bond donors (Lipinski definition) is 1. The summed E-state index contributed by atoms with van der Waals surface area (Å²) in [5.41, 5.74) is 3.06. The zero-order valence-electron chi connectivity index (χ0n) is 6.82. The molecular formula is C8H12N2OS. The summed E-state index contributed by atoms with van der Waals surface area (Å²) in [4.78, 5) is 4.20. The lowest BCUT2D eigenvalue weighted by atomic mass is 10.2. The van der Waals surface area contributed by atoms with Crippen LogP contribution in [0.15, 0.2) is 10.9 Å². The van der Waals surface area contributed by atoms with Crippen molar-refractivity contribution in [2.75, 3.05) is 19.8 Å². The van der Waals surface area contributed by atoms with E-state index in [4.69, 9.17) is 4.74 Å². The molecule has 1 aromatic heterocycles. The van der Waals surface area contributed by atoms with Crippen LogP contribution in [0.4, 0.5) is 0 Å². The summed E-state index contributed by atoms with van der Waals surface area (Å²) in [7, 11) is 0. The Bertz CT molecular complexity index is 221.